The van der Waals surface area contributed by atoms with E-state index in [-0.39, 0.29) is 17.7 Å². The zero-order chi connectivity index (χ0) is 18.8. The second kappa shape index (κ2) is 19.8. The van der Waals surface area contributed by atoms with Gasteiger partial charge in [0.15, 0.2) is 0 Å². The Labute approximate surface area is 179 Å². The molecule has 26 heavy (non-hydrogen) atoms. The van der Waals surface area contributed by atoms with E-state index in [1.807, 2.05) is 0 Å². The van der Waals surface area contributed by atoms with Gasteiger partial charge in [0, 0.05) is 5.56 Å². The Bertz CT molecular complexity index is 382. The molecule has 0 fully saturated rings. The molecule has 1 rings (SSSR count). The summed E-state index contributed by atoms with van der Waals surface area (Å²) in [4.78, 5) is 0. The van der Waals surface area contributed by atoms with Crippen molar-refractivity contribution >= 4 is 23.2 Å². The number of halogens is 3. The van der Waals surface area contributed by atoms with Crippen molar-refractivity contribution in [2.75, 3.05) is 26.0 Å². The molecular formula is C22H40Cl3N. The van der Waals surface area contributed by atoms with Gasteiger partial charge in [0.25, 0.3) is 0 Å². The lowest BCUT2D eigenvalue weighted by atomic mass is 10.1. The van der Waals surface area contributed by atoms with E-state index in [0.717, 1.165) is 11.0 Å². The maximum Gasteiger partial charge on any atom is 0.104 e. The Morgan fingerprint density at radius 2 is 1.15 bits per heavy atom. The van der Waals surface area contributed by atoms with Crippen LogP contribution in [0.1, 0.15) is 76.7 Å². The minimum Gasteiger partial charge on any atom is -1.00 e. The second-order valence-electron chi connectivity index (χ2n) is 7.59. The predicted molar refractivity (Wildman–Crippen MR) is 116 cm³/mol. The Hall–Kier alpha value is 0.0500. The van der Waals surface area contributed by atoms with Crippen LogP contribution in [0.4, 0.5) is 0 Å². The fraction of sp³-hybridized carbons (Fsp3) is 0.727. The van der Waals surface area contributed by atoms with Crippen LogP contribution in [-0.2, 0) is 6.54 Å². The van der Waals surface area contributed by atoms with Gasteiger partial charge in [-0.05, 0) is 12.8 Å². The maximum atomic E-state index is 4.76. The molecule has 0 saturated carbocycles. The molecule has 1 aromatic rings. The van der Waals surface area contributed by atoms with Gasteiger partial charge >= 0.3 is 0 Å². The van der Waals surface area contributed by atoms with E-state index < -0.39 is 0 Å². The van der Waals surface area contributed by atoms with Crippen LogP contribution in [0.3, 0.4) is 0 Å². The van der Waals surface area contributed by atoms with Crippen LogP contribution < -0.4 is 12.4 Å². The number of unbranched alkanes of at least 4 members (excludes halogenated alkanes) is 9. The van der Waals surface area contributed by atoms with E-state index in [1.165, 1.54) is 76.3 Å². The first-order chi connectivity index (χ1) is 12.1. The number of rotatable bonds is 13. The van der Waals surface area contributed by atoms with Crippen molar-refractivity contribution in [3.8, 4) is 0 Å². The molecular weight excluding hydrogens is 385 g/mol. The topological polar surface area (TPSA) is 0 Å². The van der Waals surface area contributed by atoms with E-state index in [0.29, 0.717) is 0 Å². The molecule has 0 amide bonds. The summed E-state index contributed by atoms with van der Waals surface area (Å²) < 4.78 is 1.11. The molecule has 0 saturated heterocycles. The van der Waals surface area contributed by atoms with Gasteiger partial charge in [-0.25, -0.2) is 0 Å². The van der Waals surface area contributed by atoms with Gasteiger partial charge in [0.1, 0.15) is 6.54 Å². The van der Waals surface area contributed by atoms with Gasteiger partial charge < -0.3 is 16.9 Å². The van der Waals surface area contributed by atoms with E-state index in [9.17, 15) is 0 Å². The predicted octanol–water partition coefficient (Wildman–Crippen LogP) is 4.61. The van der Waals surface area contributed by atoms with Gasteiger partial charge in [-0.1, -0.05) is 88.6 Å². The lowest BCUT2D eigenvalue weighted by Gasteiger charge is -2.30. The lowest BCUT2D eigenvalue weighted by Crippen LogP contribution is -3.00. The van der Waals surface area contributed by atoms with Crippen molar-refractivity contribution in [3.05, 3.63) is 35.9 Å². The third kappa shape index (κ3) is 18.8. The minimum atomic E-state index is 0. The van der Waals surface area contributed by atoms with Crippen LogP contribution in [0.15, 0.2) is 30.3 Å². The van der Waals surface area contributed by atoms with Gasteiger partial charge in [-0.2, -0.15) is 0 Å². The van der Waals surface area contributed by atoms with Gasteiger partial charge in [0.05, 0.1) is 26.0 Å². The van der Waals surface area contributed by atoms with E-state index in [1.54, 1.807) is 0 Å². The SMILES string of the molecule is CCCCCCCCCCCC[N+](C)(C)Cc1ccccc1.ClCCl.[Cl-]. The first kappa shape index (κ1) is 28.3. The molecule has 0 atom stereocenters. The van der Waals surface area contributed by atoms with Crippen molar-refractivity contribution < 1.29 is 16.9 Å². The maximum absolute atomic E-state index is 4.76. The largest absolute Gasteiger partial charge is 1.00 e. The summed E-state index contributed by atoms with van der Waals surface area (Å²) >= 11 is 9.53. The summed E-state index contributed by atoms with van der Waals surface area (Å²) in [6.07, 6.45) is 14.2. The fourth-order valence-electron chi connectivity index (χ4n) is 3.18. The van der Waals surface area contributed by atoms with E-state index in [4.69, 9.17) is 23.2 Å². The summed E-state index contributed by atoms with van der Waals surface area (Å²) in [7, 11) is 4.72. The molecule has 0 N–H and O–H groups in total. The Morgan fingerprint density at radius 1 is 0.731 bits per heavy atom. The number of alkyl halides is 2. The van der Waals surface area contributed by atoms with Crippen molar-refractivity contribution in [1.82, 2.24) is 0 Å². The van der Waals surface area contributed by atoms with Crippen molar-refractivity contribution in [3.63, 3.8) is 0 Å². The Morgan fingerprint density at radius 3 is 1.62 bits per heavy atom. The van der Waals surface area contributed by atoms with Crippen molar-refractivity contribution in [2.45, 2.75) is 77.7 Å². The van der Waals surface area contributed by atoms with Crippen LogP contribution >= 0.6 is 23.2 Å². The molecule has 154 valence electrons. The smallest absolute Gasteiger partial charge is 0.104 e. The third-order valence-corrected chi connectivity index (χ3v) is 4.57. The quantitative estimate of drug-likeness (QED) is 0.246. The molecule has 0 bridgehead atoms. The van der Waals surface area contributed by atoms with Crippen LogP contribution in [0, 0.1) is 0 Å². The molecule has 0 radical (unpaired) electrons. The number of hydrogen-bond acceptors (Lipinski definition) is 0. The summed E-state index contributed by atoms with van der Waals surface area (Å²) in [5, 5.41) is 0.194. The van der Waals surface area contributed by atoms with Gasteiger partial charge in [-0.3, -0.25) is 0 Å². The van der Waals surface area contributed by atoms with Crippen LogP contribution in [0.25, 0.3) is 0 Å². The molecule has 0 aliphatic heterocycles. The molecule has 0 spiro atoms. The molecule has 0 aliphatic carbocycles. The van der Waals surface area contributed by atoms with Crippen LogP contribution in [0.2, 0.25) is 0 Å². The number of quaternary nitrogens is 1. The van der Waals surface area contributed by atoms with Crippen molar-refractivity contribution in [2.24, 2.45) is 0 Å². The highest BCUT2D eigenvalue weighted by molar-refractivity contribution is 6.40. The summed E-state index contributed by atoms with van der Waals surface area (Å²) in [5.74, 6) is 0. The number of nitrogens with zero attached hydrogens (tertiary/aromatic N) is 1. The van der Waals surface area contributed by atoms with Gasteiger partial charge in [0.2, 0.25) is 0 Å². The first-order valence-electron chi connectivity index (χ1n) is 10.0. The summed E-state index contributed by atoms with van der Waals surface area (Å²) in [6.45, 7) is 4.74. The second-order valence-corrected chi connectivity index (χ2v) is 8.39. The van der Waals surface area contributed by atoms with Crippen LogP contribution in [-0.4, -0.2) is 30.5 Å². The zero-order valence-electron chi connectivity index (χ0n) is 17.2. The molecule has 0 aromatic heterocycles. The van der Waals surface area contributed by atoms with E-state index >= 15 is 0 Å². The molecule has 0 unspecified atom stereocenters. The standard InChI is InChI=1S/C21H38N.CH2Cl2.ClH/c1-4-5-6-7-8-9-10-11-12-16-19-22(2,3)20-21-17-14-13-15-18-21;2-1-3;/h13-15,17-18H,4-12,16,19-20H2,1-3H3;1H2;1H/q+1;;/p-1. The lowest BCUT2D eigenvalue weighted by molar-refractivity contribution is -0.903. The minimum absolute atomic E-state index is 0. The number of hydrogen-bond donors (Lipinski definition) is 0. The Balaban J connectivity index is 0. The van der Waals surface area contributed by atoms with Gasteiger partial charge in [-0.15, -0.1) is 23.2 Å². The molecule has 1 aromatic carbocycles. The summed E-state index contributed by atoms with van der Waals surface area (Å²) in [6, 6.07) is 10.9. The molecule has 4 heteroatoms. The highest BCUT2D eigenvalue weighted by atomic mass is 35.5. The summed E-state index contributed by atoms with van der Waals surface area (Å²) in [5.41, 5.74) is 1.46. The van der Waals surface area contributed by atoms with Crippen molar-refractivity contribution in [1.29, 1.82) is 0 Å². The average Bonchev–Trinajstić information content (AvgIpc) is 2.58. The Kier molecular flexibility index (Phi) is 21.5. The zero-order valence-corrected chi connectivity index (χ0v) is 19.4. The molecule has 1 nitrogen and oxygen atoms in total. The number of benzene rings is 1. The monoisotopic (exact) mass is 423 g/mol. The highest BCUT2D eigenvalue weighted by Gasteiger charge is 2.14. The van der Waals surface area contributed by atoms with Crippen LogP contribution in [0.5, 0.6) is 0 Å². The van der Waals surface area contributed by atoms with E-state index in [2.05, 4.69) is 51.4 Å². The molecule has 0 aliphatic rings. The molecule has 0 heterocycles. The third-order valence-electron chi connectivity index (χ3n) is 4.57. The first-order valence-corrected chi connectivity index (χ1v) is 11.1. The highest BCUT2D eigenvalue weighted by Crippen LogP contribution is 2.13. The fourth-order valence-corrected chi connectivity index (χ4v) is 3.18. The average molecular weight is 425 g/mol. The normalized spacial score (nSPS) is 10.7.